The zero-order valence-electron chi connectivity index (χ0n) is 10.9. The van der Waals surface area contributed by atoms with Crippen LogP contribution in [0.15, 0.2) is 0 Å². The van der Waals surface area contributed by atoms with Crippen LogP contribution >= 0.6 is 0 Å². The van der Waals surface area contributed by atoms with Gasteiger partial charge in [0.2, 0.25) is 5.91 Å². The third-order valence-corrected chi connectivity index (χ3v) is 4.17. The lowest BCUT2D eigenvalue weighted by atomic mass is 10.0. The molecule has 1 saturated heterocycles. The maximum Gasteiger partial charge on any atom is 0.326 e. The Balaban J connectivity index is 2.66. The minimum absolute atomic E-state index is 0.0144. The number of carboxylic acid groups (broad SMARTS) is 1. The molecule has 110 valence electrons. The molecular weight excluding hydrogens is 272 g/mol. The van der Waals surface area contributed by atoms with Gasteiger partial charge in [0.1, 0.15) is 15.9 Å². The van der Waals surface area contributed by atoms with Crippen molar-refractivity contribution in [3.8, 4) is 0 Å². The van der Waals surface area contributed by atoms with E-state index < -0.39 is 33.8 Å². The number of carbonyl (C=O) groups is 2. The molecule has 1 heterocycles. The number of rotatable bonds is 5. The largest absolute Gasteiger partial charge is 0.480 e. The molecule has 19 heavy (non-hydrogen) atoms. The first-order valence-corrected chi connectivity index (χ1v) is 8.25. The lowest BCUT2D eigenvalue weighted by Gasteiger charge is -2.34. The van der Waals surface area contributed by atoms with Crippen LogP contribution in [0.1, 0.15) is 25.7 Å². The third kappa shape index (κ3) is 4.79. The van der Waals surface area contributed by atoms with Crippen LogP contribution in [-0.2, 0) is 19.4 Å². The number of nitrogens with two attached hydrogens (primary N) is 1. The Morgan fingerprint density at radius 1 is 1.42 bits per heavy atom. The summed E-state index contributed by atoms with van der Waals surface area (Å²) in [5, 5.41) is 9.07. The molecule has 0 aromatic carbocycles. The van der Waals surface area contributed by atoms with Gasteiger partial charge in [-0.2, -0.15) is 0 Å². The standard InChI is InChI=1S/C11H20N2O5S/c1-19(17,18)7-5-8(12)10(14)13-6-3-2-4-9(13)11(15)16/h8-9H,2-7,12H2,1H3,(H,15,16). The molecule has 1 fully saturated rings. The first-order chi connectivity index (χ1) is 8.72. The lowest BCUT2D eigenvalue weighted by Crippen LogP contribution is -2.53. The van der Waals surface area contributed by atoms with Crippen LogP contribution in [-0.4, -0.2) is 60.9 Å². The molecule has 2 unspecified atom stereocenters. The smallest absolute Gasteiger partial charge is 0.326 e. The van der Waals surface area contributed by atoms with Gasteiger partial charge in [0.15, 0.2) is 0 Å². The summed E-state index contributed by atoms with van der Waals surface area (Å²) >= 11 is 0. The maximum absolute atomic E-state index is 12.1. The predicted octanol–water partition coefficient (Wildman–Crippen LogP) is -0.786. The molecule has 8 heteroatoms. The van der Waals surface area contributed by atoms with Crippen LogP contribution < -0.4 is 5.73 Å². The predicted molar refractivity (Wildman–Crippen MR) is 69.3 cm³/mol. The highest BCUT2D eigenvalue weighted by Gasteiger charge is 2.34. The van der Waals surface area contributed by atoms with E-state index in [1.54, 1.807) is 0 Å². The number of sulfone groups is 1. The Morgan fingerprint density at radius 2 is 2.05 bits per heavy atom. The molecule has 0 aromatic rings. The van der Waals surface area contributed by atoms with Crippen LogP contribution in [0, 0.1) is 0 Å². The fourth-order valence-corrected chi connectivity index (χ4v) is 2.81. The number of aliphatic carboxylic acids is 1. The first-order valence-electron chi connectivity index (χ1n) is 6.19. The average Bonchev–Trinajstić information content (AvgIpc) is 2.34. The first kappa shape index (κ1) is 15.9. The number of carbonyl (C=O) groups excluding carboxylic acids is 1. The minimum Gasteiger partial charge on any atom is -0.480 e. The molecular formula is C11H20N2O5S. The number of amides is 1. The Morgan fingerprint density at radius 3 is 2.58 bits per heavy atom. The molecule has 0 radical (unpaired) electrons. The van der Waals surface area contributed by atoms with Crippen LogP contribution in [0.5, 0.6) is 0 Å². The SMILES string of the molecule is CS(=O)(=O)CCC(N)C(=O)N1CCCCC1C(=O)O. The van der Waals surface area contributed by atoms with Crippen molar-refractivity contribution in [2.24, 2.45) is 5.73 Å². The van der Waals surface area contributed by atoms with Crippen molar-refractivity contribution < 1.29 is 23.1 Å². The Hall–Kier alpha value is -1.15. The van der Waals surface area contributed by atoms with E-state index in [1.165, 1.54) is 4.90 Å². The van der Waals surface area contributed by atoms with Crippen molar-refractivity contribution in [1.29, 1.82) is 0 Å². The van der Waals surface area contributed by atoms with Crippen molar-refractivity contribution in [1.82, 2.24) is 4.90 Å². The number of hydrogen-bond acceptors (Lipinski definition) is 5. The van der Waals surface area contributed by atoms with Gasteiger partial charge in [-0.25, -0.2) is 13.2 Å². The normalized spacial score (nSPS) is 22.0. The molecule has 1 aliphatic heterocycles. The molecule has 1 aliphatic rings. The zero-order chi connectivity index (χ0) is 14.6. The van der Waals surface area contributed by atoms with Crippen LogP contribution in [0.4, 0.5) is 0 Å². The van der Waals surface area contributed by atoms with E-state index in [4.69, 9.17) is 10.8 Å². The molecule has 7 nitrogen and oxygen atoms in total. The number of piperidine rings is 1. The minimum atomic E-state index is -3.18. The molecule has 0 saturated carbocycles. The van der Waals surface area contributed by atoms with Gasteiger partial charge in [-0.3, -0.25) is 4.79 Å². The van der Waals surface area contributed by atoms with Gasteiger partial charge in [-0.05, 0) is 25.7 Å². The average molecular weight is 292 g/mol. The zero-order valence-corrected chi connectivity index (χ0v) is 11.7. The maximum atomic E-state index is 12.1. The third-order valence-electron chi connectivity index (χ3n) is 3.19. The van der Waals surface area contributed by atoms with Gasteiger partial charge >= 0.3 is 5.97 Å². The molecule has 0 aromatic heterocycles. The summed E-state index contributed by atoms with van der Waals surface area (Å²) in [6.45, 7) is 0.363. The van der Waals surface area contributed by atoms with Crippen molar-refractivity contribution in [2.45, 2.75) is 37.8 Å². The van der Waals surface area contributed by atoms with Crippen molar-refractivity contribution >= 4 is 21.7 Å². The molecule has 2 atom stereocenters. The summed E-state index contributed by atoms with van der Waals surface area (Å²) in [6.07, 6.45) is 3.01. The fraction of sp³-hybridized carbons (Fsp3) is 0.818. The fourth-order valence-electron chi connectivity index (χ4n) is 2.13. The second-order valence-corrected chi connectivity index (χ2v) is 7.17. The number of likely N-dealkylation sites (tertiary alicyclic amines) is 1. The van der Waals surface area contributed by atoms with E-state index in [2.05, 4.69) is 0 Å². The van der Waals surface area contributed by atoms with E-state index in [0.717, 1.165) is 19.1 Å². The summed E-state index contributed by atoms with van der Waals surface area (Å²) < 4.78 is 22.1. The van der Waals surface area contributed by atoms with E-state index in [1.807, 2.05) is 0 Å². The molecule has 0 spiro atoms. The number of nitrogens with zero attached hydrogens (tertiary/aromatic N) is 1. The molecule has 3 N–H and O–H groups in total. The van der Waals surface area contributed by atoms with Gasteiger partial charge in [-0.1, -0.05) is 0 Å². The van der Waals surface area contributed by atoms with Crippen LogP contribution in [0.2, 0.25) is 0 Å². The summed E-state index contributed by atoms with van der Waals surface area (Å²) in [5.74, 6) is -1.69. The van der Waals surface area contributed by atoms with E-state index in [-0.39, 0.29) is 12.2 Å². The highest BCUT2D eigenvalue weighted by atomic mass is 32.2. The van der Waals surface area contributed by atoms with E-state index >= 15 is 0 Å². The van der Waals surface area contributed by atoms with Gasteiger partial charge < -0.3 is 15.7 Å². The highest BCUT2D eigenvalue weighted by Crippen LogP contribution is 2.18. The van der Waals surface area contributed by atoms with Crippen LogP contribution in [0.25, 0.3) is 0 Å². The van der Waals surface area contributed by atoms with Gasteiger partial charge in [0.05, 0.1) is 11.8 Å². The number of hydrogen-bond donors (Lipinski definition) is 2. The molecule has 1 rings (SSSR count). The monoisotopic (exact) mass is 292 g/mol. The molecule has 0 aliphatic carbocycles. The quantitative estimate of drug-likeness (QED) is 0.686. The molecule has 0 bridgehead atoms. The van der Waals surface area contributed by atoms with Gasteiger partial charge in [-0.15, -0.1) is 0 Å². The van der Waals surface area contributed by atoms with Gasteiger partial charge in [0, 0.05) is 12.8 Å². The Bertz CT molecular complexity index is 448. The lowest BCUT2D eigenvalue weighted by molar-refractivity contribution is -0.152. The Kier molecular flexibility index (Phi) is 5.30. The summed E-state index contributed by atoms with van der Waals surface area (Å²) in [7, 11) is -3.18. The van der Waals surface area contributed by atoms with Crippen molar-refractivity contribution in [2.75, 3.05) is 18.6 Å². The molecule has 1 amide bonds. The van der Waals surface area contributed by atoms with E-state index in [0.29, 0.717) is 13.0 Å². The number of carboxylic acids is 1. The van der Waals surface area contributed by atoms with E-state index in [9.17, 15) is 18.0 Å². The highest BCUT2D eigenvalue weighted by molar-refractivity contribution is 7.90. The summed E-state index contributed by atoms with van der Waals surface area (Å²) in [6, 6.07) is -1.81. The summed E-state index contributed by atoms with van der Waals surface area (Å²) in [4.78, 5) is 24.4. The Labute approximate surface area is 112 Å². The summed E-state index contributed by atoms with van der Waals surface area (Å²) in [5.41, 5.74) is 5.67. The van der Waals surface area contributed by atoms with Crippen molar-refractivity contribution in [3.05, 3.63) is 0 Å². The van der Waals surface area contributed by atoms with Crippen LogP contribution in [0.3, 0.4) is 0 Å². The van der Waals surface area contributed by atoms with Gasteiger partial charge in [0.25, 0.3) is 0 Å². The second-order valence-electron chi connectivity index (χ2n) is 4.91. The second kappa shape index (κ2) is 6.33. The topological polar surface area (TPSA) is 118 Å². The van der Waals surface area contributed by atoms with Crippen molar-refractivity contribution in [3.63, 3.8) is 0 Å².